The smallest absolute Gasteiger partial charge is 0.307 e. The maximum atomic E-state index is 11.2. The summed E-state index contributed by atoms with van der Waals surface area (Å²) < 4.78 is 0. The van der Waals surface area contributed by atoms with Gasteiger partial charge in [0.25, 0.3) is 0 Å². The first-order chi connectivity index (χ1) is 7.04. The van der Waals surface area contributed by atoms with Crippen molar-refractivity contribution in [2.45, 2.75) is 26.7 Å². The molecule has 1 aromatic rings. The highest BCUT2D eigenvalue weighted by atomic mass is 16.4. The van der Waals surface area contributed by atoms with Crippen molar-refractivity contribution in [1.29, 1.82) is 0 Å². The Morgan fingerprint density at radius 2 is 1.67 bits per heavy atom. The standard InChI is InChI=1S/C13H18O2/c1-9(2)12(13(14)15)10(3)11-7-5-4-6-8-11/h4-10,12H,1-3H3,(H,14,15). The Kier molecular flexibility index (Phi) is 3.89. The zero-order valence-electron chi connectivity index (χ0n) is 9.47. The Balaban J connectivity index is 2.91. The number of carbonyl (C=O) groups is 1. The summed E-state index contributed by atoms with van der Waals surface area (Å²) in [5, 5.41) is 9.18. The molecule has 0 bridgehead atoms. The Hall–Kier alpha value is -1.31. The van der Waals surface area contributed by atoms with Crippen molar-refractivity contribution in [1.82, 2.24) is 0 Å². The van der Waals surface area contributed by atoms with Gasteiger partial charge in [-0.05, 0) is 17.4 Å². The van der Waals surface area contributed by atoms with E-state index in [4.69, 9.17) is 0 Å². The van der Waals surface area contributed by atoms with Gasteiger partial charge in [-0.3, -0.25) is 4.79 Å². The van der Waals surface area contributed by atoms with Crippen LogP contribution in [0.1, 0.15) is 32.3 Å². The number of rotatable bonds is 4. The fraction of sp³-hybridized carbons (Fsp3) is 0.462. The average molecular weight is 206 g/mol. The highest BCUT2D eigenvalue weighted by Gasteiger charge is 2.28. The van der Waals surface area contributed by atoms with Crippen LogP contribution in [-0.4, -0.2) is 11.1 Å². The second kappa shape index (κ2) is 4.96. The normalized spacial score (nSPS) is 14.9. The molecule has 1 aromatic carbocycles. The van der Waals surface area contributed by atoms with Gasteiger partial charge < -0.3 is 5.11 Å². The Morgan fingerprint density at radius 1 is 1.13 bits per heavy atom. The molecule has 0 spiro atoms. The maximum Gasteiger partial charge on any atom is 0.307 e. The second-order valence-electron chi connectivity index (χ2n) is 4.31. The minimum atomic E-state index is -0.707. The molecule has 0 aliphatic heterocycles. The SMILES string of the molecule is CC(C)C(C(=O)O)C(C)c1ccccc1. The number of hydrogen-bond acceptors (Lipinski definition) is 1. The third kappa shape index (κ3) is 2.82. The van der Waals surface area contributed by atoms with Gasteiger partial charge in [0.15, 0.2) is 0 Å². The van der Waals surface area contributed by atoms with E-state index in [0.29, 0.717) is 0 Å². The van der Waals surface area contributed by atoms with E-state index in [1.165, 1.54) is 0 Å². The Morgan fingerprint density at radius 3 is 2.07 bits per heavy atom. The largest absolute Gasteiger partial charge is 0.481 e. The van der Waals surface area contributed by atoms with E-state index in [2.05, 4.69) is 0 Å². The average Bonchev–Trinajstić information content (AvgIpc) is 2.18. The van der Waals surface area contributed by atoms with Gasteiger partial charge in [0.2, 0.25) is 0 Å². The zero-order chi connectivity index (χ0) is 11.4. The van der Waals surface area contributed by atoms with Gasteiger partial charge in [0, 0.05) is 0 Å². The maximum absolute atomic E-state index is 11.2. The molecule has 2 atom stereocenters. The van der Waals surface area contributed by atoms with Crippen LogP contribution in [0.2, 0.25) is 0 Å². The highest BCUT2D eigenvalue weighted by molar-refractivity contribution is 5.71. The van der Waals surface area contributed by atoms with Crippen LogP contribution in [0.5, 0.6) is 0 Å². The lowest BCUT2D eigenvalue weighted by molar-refractivity contribution is -0.144. The van der Waals surface area contributed by atoms with Crippen molar-refractivity contribution in [3.05, 3.63) is 35.9 Å². The number of aliphatic carboxylic acids is 1. The van der Waals surface area contributed by atoms with Crippen molar-refractivity contribution in [2.24, 2.45) is 11.8 Å². The quantitative estimate of drug-likeness (QED) is 0.821. The summed E-state index contributed by atoms with van der Waals surface area (Å²) in [5.74, 6) is -0.810. The molecule has 0 radical (unpaired) electrons. The first-order valence-corrected chi connectivity index (χ1v) is 5.31. The molecule has 1 rings (SSSR count). The summed E-state index contributed by atoms with van der Waals surface area (Å²) in [6.45, 7) is 5.89. The number of carboxylic acid groups (broad SMARTS) is 1. The summed E-state index contributed by atoms with van der Waals surface area (Å²) >= 11 is 0. The van der Waals surface area contributed by atoms with Gasteiger partial charge in [0.05, 0.1) is 5.92 Å². The molecular weight excluding hydrogens is 188 g/mol. The third-order valence-corrected chi connectivity index (χ3v) is 2.87. The highest BCUT2D eigenvalue weighted by Crippen LogP contribution is 2.29. The molecule has 82 valence electrons. The molecule has 0 aromatic heterocycles. The predicted octanol–water partition coefficient (Wildman–Crippen LogP) is 3.15. The van der Waals surface area contributed by atoms with E-state index < -0.39 is 5.97 Å². The number of hydrogen-bond donors (Lipinski definition) is 1. The summed E-state index contributed by atoms with van der Waals surface area (Å²) in [6.07, 6.45) is 0. The molecule has 0 fully saturated rings. The summed E-state index contributed by atoms with van der Waals surface area (Å²) in [4.78, 5) is 11.2. The Labute approximate surface area is 90.9 Å². The van der Waals surface area contributed by atoms with Crippen molar-refractivity contribution >= 4 is 5.97 Å². The predicted molar refractivity (Wildman–Crippen MR) is 60.8 cm³/mol. The van der Waals surface area contributed by atoms with Crippen LogP contribution >= 0.6 is 0 Å². The molecule has 0 heterocycles. The number of benzene rings is 1. The van der Waals surface area contributed by atoms with Crippen molar-refractivity contribution < 1.29 is 9.90 Å². The first kappa shape index (κ1) is 11.8. The molecule has 2 unspecified atom stereocenters. The fourth-order valence-electron chi connectivity index (χ4n) is 2.04. The molecule has 1 N–H and O–H groups in total. The van der Waals surface area contributed by atoms with Gasteiger partial charge in [-0.25, -0.2) is 0 Å². The van der Waals surface area contributed by atoms with Gasteiger partial charge in [-0.15, -0.1) is 0 Å². The van der Waals surface area contributed by atoms with Crippen LogP contribution in [0.3, 0.4) is 0 Å². The summed E-state index contributed by atoms with van der Waals surface area (Å²) in [6, 6.07) is 9.82. The second-order valence-corrected chi connectivity index (χ2v) is 4.31. The van der Waals surface area contributed by atoms with Gasteiger partial charge in [0.1, 0.15) is 0 Å². The summed E-state index contributed by atoms with van der Waals surface area (Å²) in [5.41, 5.74) is 1.10. The minimum absolute atomic E-state index is 0.0590. The lowest BCUT2D eigenvalue weighted by atomic mass is 9.80. The van der Waals surface area contributed by atoms with Gasteiger partial charge in [-0.1, -0.05) is 51.1 Å². The fourth-order valence-corrected chi connectivity index (χ4v) is 2.04. The monoisotopic (exact) mass is 206 g/mol. The van der Waals surface area contributed by atoms with E-state index in [1.807, 2.05) is 51.1 Å². The lowest BCUT2D eigenvalue weighted by Crippen LogP contribution is -2.25. The topological polar surface area (TPSA) is 37.3 Å². The van der Waals surface area contributed by atoms with Crippen molar-refractivity contribution in [2.75, 3.05) is 0 Å². The lowest BCUT2D eigenvalue weighted by Gasteiger charge is -2.23. The third-order valence-electron chi connectivity index (χ3n) is 2.87. The molecule has 0 amide bonds. The van der Waals surface area contributed by atoms with Gasteiger partial charge >= 0.3 is 5.97 Å². The van der Waals surface area contributed by atoms with Crippen LogP contribution in [0, 0.1) is 11.8 Å². The minimum Gasteiger partial charge on any atom is -0.481 e. The molecular formula is C13H18O2. The molecule has 2 nitrogen and oxygen atoms in total. The van der Waals surface area contributed by atoms with Crippen molar-refractivity contribution in [3.63, 3.8) is 0 Å². The van der Waals surface area contributed by atoms with E-state index in [1.54, 1.807) is 0 Å². The molecule has 2 heteroatoms. The van der Waals surface area contributed by atoms with Crippen LogP contribution in [0.25, 0.3) is 0 Å². The first-order valence-electron chi connectivity index (χ1n) is 5.31. The molecule has 0 saturated heterocycles. The Bertz CT molecular complexity index is 317. The molecule has 15 heavy (non-hydrogen) atoms. The van der Waals surface area contributed by atoms with E-state index in [9.17, 15) is 9.90 Å². The molecule has 0 saturated carbocycles. The van der Waals surface area contributed by atoms with E-state index >= 15 is 0 Å². The van der Waals surface area contributed by atoms with Gasteiger partial charge in [-0.2, -0.15) is 0 Å². The molecule has 0 aliphatic rings. The summed E-state index contributed by atoms with van der Waals surface area (Å²) in [7, 11) is 0. The van der Waals surface area contributed by atoms with E-state index in [0.717, 1.165) is 5.56 Å². The van der Waals surface area contributed by atoms with Crippen LogP contribution in [-0.2, 0) is 4.79 Å². The van der Waals surface area contributed by atoms with Crippen LogP contribution < -0.4 is 0 Å². The molecule has 0 aliphatic carbocycles. The van der Waals surface area contributed by atoms with Crippen LogP contribution in [0.15, 0.2) is 30.3 Å². The zero-order valence-corrected chi connectivity index (χ0v) is 9.47. The van der Waals surface area contributed by atoms with E-state index in [-0.39, 0.29) is 17.8 Å². The van der Waals surface area contributed by atoms with Crippen molar-refractivity contribution in [3.8, 4) is 0 Å². The van der Waals surface area contributed by atoms with Crippen LogP contribution in [0.4, 0.5) is 0 Å². The number of carboxylic acids is 1.